The van der Waals surface area contributed by atoms with Gasteiger partial charge in [-0.05, 0) is 17.0 Å². The van der Waals surface area contributed by atoms with E-state index in [4.69, 9.17) is 4.74 Å². The molecule has 0 saturated heterocycles. The van der Waals surface area contributed by atoms with Crippen molar-refractivity contribution in [3.05, 3.63) is 60.4 Å². The predicted molar refractivity (Wildman–Crippen MR) is 79.2 cm³/mol. The van der Waals surface area contributed by atoms with Crippen molar-refractivity contribution >= 4 is 22.6 Å². The van der Waals surface area contributed by atoms with Crippen LogP contribution < -0.4 is 0 Å². The van der Waals surface area contributed by atoms with Crippen LogP contribution in [0.3, 0.4) is 0 Å². The monoisotopic (exact) mass is 277 g/mol. The fourth-order valence-corrected chi connectivity index (χ4v) is 1.72. The smallest absolute Gasteiger partial charge is 0.335 e. The summed E-state index contributed by atoms with van der Waals surface area (Å²) in [7, 11) is 0.263. The molecule has 0 radical (unpaired) electrons. The molecule has 4 heteroatoms. The first-order valence-electron chi connectivity index (χ1n) is 5.77. The van der Waals surface area contributed by atoms with Gasteiger partial charge in [-0.1, -0.05) is 30.3 Å². The number of carbonyl (C=O) groups is 2. The zero-order valence-electron chi connectivity index (χ0n) is 11.0. The summed E-state index contributed by atoms with van der Waals surface area (Å²) in [5.41, 5.74) is 0.561. The summed E-state index contributed by atoms with van der Waals surface area (Å²) in [6, 6.07) is 8.81. The van der Waals surface area contributed by atoms with Crippen molar-refractivity contribution in [2.24, 2.45) is 0 Å². The summed E-state index contributed by atoms with van der Waals surface area (Å²) in [6.45, 7) is 0. The normalized spacial score (nSPS) is 11.3. The van der Waals surface area contributed by atoms with Crippen LogP contribution in [0.4, 0.5) is 0 Å². The average molecular weight is 277 g/mol. The molecule has 0 atom stereocenters. The fraction of sp³-hybridized carbons (Fsp3) is 0.200. The van der Waals surface area contributed by atoms with Crippen LogP contribution >= 0.6 is 0 Å². The molecule has 0 saturated carbocycles. The number of benzene rings is 1. The van der Waals surface area contributed by atoms with Gasteiger partial charge >= 0.3 is 5.97 Å². The van der Waals surface area contributed by atoms with Gasteiger partial charge in [0.25, 0.3) is 0 Å². The number of allylic oxidation sites excluding steroid dienone is 1. The topological polar surface area (TPSA) is 43.4 Å². The standard InChI is InChI=1S/C15H17O3S/c1-19(2)12-6-9-15(17)18-11-10-14(16)13-7-4-3-5-8-13/h3-11H,12H2,1-2H3/q+1/b9-6+,11-10+. The van der Waals surface area contributed by atoms with Gasteiger partial charge in [0, 0.05) is 17.7 Å². The third kappa shape index (κ3) is 6.62. The van der Waals surface area contributed by atoms with E-state index in [9.17, 15) is 9.59 Å². The third-order valence-corrected chi connectivity index (χ3v) is 3.00. The molecular formula is C15H17O3S+. The van der Waals surface area contributed by atoms with Crippen molar-refractivity contribution < 1.29 is 14.3 Å². The van der Waals surface area contributed by atoms with Gasteiger partial charge < -0.3 is 4.74 Å². The second-order valence-corrected chi connectivity index (χ2v) is 6.33. The van der Waals surface area contributed by atoms with Crippen LogP contribution in [0.15, 0.2) is 54.8 Å². The van der Waals surface area contributed by atoms with Crippen LogP contribution in [0.25, 0.3) is 0 Å². The molecule has 1 rings (SSSR count). The maximum absolute atomic E-state index is 11.6. The minimum absolute atomic E-state index is 0.193. The van der Waals surface area contributed by atoms with Gasteiger partial charge in [0.1, 0.15) is 5.75 Å². The maximum atomic E-state index is 11.6. The Morgan fingerprint density at radius 1 is 1.16 bits per heavy atom. The Morgan fingerprint density at radius 3 is 2.47 bits per heavy atom. The number of ketones is 1. The summed E-state index contributed by atoms with van der Waals surface area (Å²) in [4.78, 5) is 22.9. The molecule has 1 aromatic rings. The summed E-state index contributed by atoms with van der Waals surface area (Å²) >= 11 is 0. The van der Waals surface area contributed by atoms with E-state index in [1.165, 1.54) is 12.2 Å². The van der Waals surface area contributed by atoms with Gasteiger partial charge in [-0.3, -0.25) is 4.79 Å². The summed E-state index contributed by atoms with van der Waals surface area (Å²) in [5.74, 6) is 0.186. The van der Waals surface area contributed by atoms with E-state index in [0.29, 0.717) is 5.56 Å². The molecule has 1 aromatic carbocycles. The van der Waals surface area contributed by atoms with E-state index in [2.05, 4.69) is 12.5 Å². The first kappa shape index (κ1) is 15.2. The first-order chi connectivity index (χ1) is 9.09. The molecule has 0 spiro atoms. The lowest BCUT2D eigenvalue weighted by molar-refractivity contribution is -0.132. The van der Waals surface area contributed by atoms with E-state index in [-0.39, 0.29) is 16.7 Å². The minimum Gasteiger partial charge on any atom is -0.431 e. The SMILES string of the molecule is C[S+](C)C/C=C/C(=O)O/C=C/C(=O)c1ccccc1. The van der Waals surface area contributed by atoms with Crippen molar-refractivity contribution in [2.45, 2.75) is 0 Å². The lowest BCUT2D eigenvalue weighted by Crippen LogP contribution is -2.01. The average Bonchev–Trinajstić information content (AvgIpc) is 2.39. The van der Waals surface area contributed by atoms with Crippen LogP contribution in [0.5, 0.6) is 0 Å². The molecular weight excluding hydrogens is 260 g/mol. The molecule has 0 aromatic heterocycles. The molecule has 100 valence electrons. The number of esters is 1. The highest BCUT2D eigenvalue weighted by Crippen LogP contribution is 2.00. The van der Waals surface area contributed by atoms with Crippen molar-refractivity contribution in [1.29, 1.82) is 0 Å². The zero-order chi connectivity index (χ0) is 14.1. The lowest BCUT2D eigenvalue weighted by Gasteiger charge is -1.95. The van der Waals surface area contributed by atoms with Crippen LogP contribution in [0.2, 0.25) is 0 Å². The van der Waals surface area contributed by atoms with E-state index in [1.807, 2.05) is 6.07 Å². The second kappa shape index (κ2) is 8.32. The highest BCUT2D eigenvalue weighted by molar-refractivity contribution is 7.95. The number of rotatable bonds is 6. The molecule has 0 aliphatic carbocycles. The Balaban J connectivity index is 2.40. The number of hydrogen-bond acceptors (Lipinski definition) is 3. The molecule has 0 heterocycles. The summed E-state index contributed by atoms with van der Waals surface area (Å²) in [5, 5.41) is 0. The number of carbonyl (C=O) groups excluding carboxylic acids is 2. The van der Waals surface area contributed by atoms with Crippen molar-refractivity contribution in [2.75, 3.05) is 18.3 Å². The van der Waals surface area contributed by atoms with Crippen molar-refractivity contribution in [3.8, 4) is 0 Å². The summed E-state index contributed by atoms with van der Waals surface area (Å²) < 4.78 is 4.79. The van der Waals surface area contributed by atoms with Crippen LogP contribution in [-0.4, -0.2) is 30.0 Å². The fourth-order valence-electron chi connectivity index (χ4n) is 1.24. The second-order valence-electron chi connectivity index (χ2n) is 4.02. The van der Waals surface area contributed by atoms with Gasteiger partial charge in [-0.25, -0.2) is 4.79 Å². The van der Waals surface area contributed by atoms with Crippen LogP contribution in [0.1, 0.15) is 10.4 Å². The van der Waals surface area contributed by atoms with E-state index in [1.54, 1.807) is 30.3 Å². The molecule has 0 unspecified atom stereocenters. The van der Waals surface area contributed by atoms with Crippen LogP contribution in [-0.2, 0) is 20.4 Å². The summed E-state index contributed by atoms with van der Waals surface area (Å²) in [6.07, 6.45) is 9.70. The van der Waals surface area contributed by atoms with Gasteiger partial charge in [0.05, 0.1) is 18.8 Å². The number of hydrogen-bond donors (Lipinski definition) is 0. The van der Waals surface area contributed by atoms with Crippen molar-refractivity contribution in [1.82, 2.24) is 0 Å². The molecule has 0 bridgehead atoms. The maximum Gasteiger partial charge on any atom is 0.335 e. The molecule has 0 N–H and O–H groups in total. The Bertz CT molecular complexity index is 475. The predicted octanol–water partition coefficient (Wildman–Crippen LogP) is 2.36. The number of ether oxygens (including phenoxy) is 1. The minimum atomic E-state index is -0.470. The Kier molecular flexibility index (Phi) is 6.68. The molecule has 3 nitrogen and oxygen atoms in total. The lowest BCUT2D eigenvalue weighted by atomic mass is 10.1. The van der Waals surface area contributed by atoms with Crippen molar-refractivity contribution in [3.63, 3.8) is 0 Å². The zero-order valence-corrected chi connectivity index (χ0v) is 11.9. The van der Waals surface area contributed by atoms with Crippen LogP contribution in [0, 0.1) is 0 Å². The van der Waals surface area contributed by atoms with E-state index < -0.39 is 5.97 Å². The quantitative estimate of drug-likeness (QED) is 0.263. The third-order valence-electron chi connectivity index (χ3n) is 2.15. The molecule has 0 aliphatic heterocycles. The van der Waals surface area contributed by atoms with Gasteiger partial charge in [-0.15, -0.1) is 0 Å². The first-order valence-corrected chi connectivity index (χ1v) is 7.98. The highest BCUT2D eigenvalue weighted by Gasteiger charge is 2.01. The molecule has 19 heavy (non-hydrogen) atoms. The largest absolute Gasteiger partial charge is 0.431 e. The van der Waals surface area contributed by atoms with Gasteiger partial charge in [0.2, 0.25) is 0 Å². The Morgan fingerprint density at radius 2 is 1.84 bits per heavy atom. The molecule has 0 aliphatic rings. The highest BCUT2D eigenvalue weighted by atomic mass is 32.2. The molecule has 0 amide bonds. The molecule has 0 fully saturated rings. The van der Waals surface area contributed by atoms with E-state index >= 15 is 0 Å². The Hall–Kier alpha value is -1.81. The van der Waals surface area contributed by atoms with Gasteiger partial charge in [0.15, 0.2) is 5.78 Å². The van der Waals surface area contributed by atoms with Gasteiger partial charge in [-0.2, -0.15) is 0 Å². The van der Waals surface area contributed by atoms with E-state index in [0.717, 1.165) is 12.0 Å². The Labute approximate surface area is 116 Å².